The van der Waals surface area contributed by atoms with E-state index in [4.69, 9.17) is 0 Å². The van der Waals surface area contributed by atoms with Crippen molar-refractivity contribution in [1.82, 2.24) is 5.32 Å². The Morgan fingerprint density at radius 3 is 2.24 bits per heavy atom. The Morgan fingerprint density at radius 2 is 1.52 bits per heavy atom. The lowest BCUT2D eigenvalue weighted by atomic mass is 10.1. The van der Waals surface area contributed by atoms with Crippen LogP contribution in [0.25, 0.3) is 0 Å². The molecule has 2 aromatic rings. The molecule has 0 atom stereocenters. The number of carbonyl (C=O) groups is 1. The Kier molecular flexibility index (Phi) is 6.33. The fraction of sp³-hybridized carbons (Fsp3) is 0.278. The highest BCUT2D eigenvalue weighted by Crippen LogP contribution is 2.05. The van der Waals surface area contributed by atoms with Crippen LogP contribution in [0.4, 0.5) is 5.69 Å². The lowest BCUT2D eigenvalue weighted by Gasteiger charge is -2.07. The summed E-state index contributed by atoms with van der Waals surface area (Å²) in [6, 6.07) is 20.2. The molecule has 0 aromatic heterocycles. The SMILES string of the molecule is O=C(CCCNc1ccccc1)NCCc1ccccc1. The van der Waals surface area contributed by atoms with Gasteiger partial charge in [0.1, 0.15) is 0 Å². The average molecular weight is 282 g/mol. The van der Waals surface area contributed by atoms with Crippen molar-refractivity contribution in [3.8, 4) is 0 Å². The summed E-state index contributed by atoms with van der Waals surface area (Å²) in [5, 5.41) is 6.27. The molecule has 0 fully saturated rings. The molecule has 0 unspecified atom stereocenters. The molecular formula is C18H22N2O. The van der Waals surface area contributed by atoms with Gasteiger partial charge in [0.2, 0.25) is 5.91 Å². The molecule has 1 amide bonds. The monoisotopic (exact) mass is 282 g/mol. The van der Waals surface area contributed by atoms with Gasteiger partial charge < -0.3 is 10.6 Å². The minimum atomic E-state index is 0.126. The van der Waals surface area contributed by atoms with Crippen LogP contribution in [0.2, 0.25) is 0 Å². The molecule has 0 heterocycles. The van der Waals surface area contributed by atoms with Gasteiger partial charge in [-0.2, -0.15) is 0 Å². The summed E-state index contributed by atoms with van der Waals surface area (Å²) in [5.41, 5.74) is 2.35. The summed E-state index contributed by atoms with van der Waals surface area (Å²) in [7, 11) is 0. The lowest BCUT2D eigenvalue weighted by molar-refractivity contribution is -0.121. The Morgan fingerprint density at radius 1 is 0.857 bits per heavy atom. The summed E-state index contributed by atoms with van der Waals surface area (Å²) in [4.78, 5) is 11.7. The van der Waals surface area contributed by atoms with Gasteiger partial charge in [-0.3, -0.25) is 4.79 Å². The fourth-order valence-corrected chi connectivity index (χ4v) is 2.12. The summed E-state index contributed by atoms with van der Waals surface area (Å²) in [5.74, 6) is 0.126. The van der Waals surface area contributed by atoms with Gasteiger partial charge >= 0.3 is 0 Å². The Balaban J connectivity index is 1.54. The second-order valence-corrected chi connectivity index (χ2v) is 4.98. The summed E-state index contributed by atoms with van der Waals surface area (Å²) < 4.78 is 0. The number of amides is 1. The third kappa shape index (κ3) is 6.13. The number of benzene rings is 2. The van der Waals surface area contributed by atoms with Crippen LogP contribution in [0.15, 0.2) is 60.7 Å². The smallest absolute Gasteiger partial charge is 0.220 e. The lowest BCUT2D eigenvalue weighted by Crippen LogP contribution is -2.25. The number of hydrogen-bond acceptors (Lipinski definition) is 2. The normalized spacial score (nSPS) is 10.1. The van der Waals surface area contributed by atoms with Crippen molar-refractivity contribution in [2.75, 3.05) is 18.4 Å². The van der Waals surface area contributed by atoms with Crippen LogP contribution in [0.5, 0.6) is 0 Å². The average Bonchev–Trinajstić information content (AvgIpc) is 2.54. The van der Waals surface area contributed by atoms with Crippen LogP contribution >= 0.6 is 0 Å². The molecule has 0 aliphatic heterocycles. The number of anilines is 1. The van der Waals surface area contributed by atoms with E-state index in [2.05, 4.69) is 22.8 Å². The van der Waals surface area contributed by atoms with Crippen LogP contribution in [0.3, 0.4) is 0 Å². The number of rotatable bonds is 8. The van der Waals surface area contributed by atoms with E-state index < -0.39 is 0 Å². The second-order valence-electron chi connectivity index (χ2n) is 4.98. The first-order valence-electron chi connectivity index (χ1n) is 7.44. The van der Waals surface area contributed by atoms with Crippen molar-refractivity contribution in [3.63, 3.8) is 0 Å². The van der Waals surface area contributed by atoms with E-state index in [0.29, 0.717) is 13.0 Å². The van der Waals surface area contributed by atoms with Crippen molar-refractivity contribution in [2.45, 2.75) is 19.3 Å². The highest BCUT2D eigenvalue weighted by atomic mass is 16.1. The molecule has 3 nitrogen and oxygen atoms in total. The molecular weight excluding hydrogens is 260 g/mol. The maximum absolute atomic E-state index is 11.7. The minimum Gasteiger partial charge on any atom is -0.385 e. The summed E-state index contributed by atoms with van der Waals surface area (Å²) in [6.07, 6.45) is 2.29. The Hall–Kier alpha value is -2.29. The van der Waals surface area contributed by atoms with E-state index in [-0.39, 0.29) is 5.91 Å². The molecule has 0 saturated heterocycles. The van der Waals surface area contributed by atoms with Gasteiger partial charge in [0.25, 0.3) is 0 Å². The van der Waals surface area contributed by atoms with Crippen molar-refractivity contribution in [1.29, 1.82) is 0 Å². The molecule has 0 radical (unpaired) electrons. The standard InChI is InChI=1S/C18H22N2O/c21-18(20-15-13-16-8-3-1-4-9-16)12-7-14-19-17-10-5-2-6-11-17/h1-6,8-11,19H,7,12-15H2,(H,20,21). The number of para-hydroxylation sites is 1. The topological polar surface area (TPSA) is 41.1 Å². The fourth-order valence-electron chi connectivity index (χ4n) is 2.12. The molecule has 0 spiro atoms. The van der Waals surface area contributed by atoms with Crippen LogP contribution in [-0.2, 0) is 11.2 Å². The quantitative estimate of drug-likeness (QED) is 0.730. The van der Waals surface area contributed by atoms with Gasteiger partial charge in [-0.05, 0) is 30.5 Å². The second kappa shape index (κ2) is 8.80. The van der Waals surface area contributed by atoms with Crippen molar-refractivity contribution < 1.29 is 4.79 Å². The minimum absolute atomic E-state index is 0.126. The van der Waals surface area contributed by atoms with Gasteiger partial charge in [-0.25, -0.2) is 0 Å². The number of nitrogens with one attached hydrogen (secondary N) is 2. The molecule has 0 aliphatic rings. The highest BCUT2D eigenvalue weighted by molar-refractivity contribution is 5.75. The predicted octanol–water partition coefficient (Wildman–Crippen LogP) is 3.24. The zero-order valence-corrected chi connectivity index (χ0v) is 12.2. The van der Waals surface area contributed by atoms with Crippen LogP contribution < -0.4 is 10.6 Å². The van der Waals surface area contributed by atoms with E-state index in [1.165, 1.54) is 5.56 Å². The van der Waals surface area contributed by atoms with Crippen LogP contribution in [-0.4, -0.2) is 19.0 Å². The molecule has 0 bridgehead atoms. The molecule has 2 N–H and O–H groups in total. The van der Waals surface area contributed by atoms with E-state index in [1.54, 1.807) is 0 Å². The Labute approximate surface area is 126 Å². The predicted molar refractivity (Wildman–Crippen MR) is 87.3 cm³/mol. The third-order valence-electron chi connectivity index (χ3n) is 3.26. The molecule has 0 saturated carbocycles. The molecule has 2 rings (SSSR count). The molecule has 2 aromatic carbocycles. The third-order valence-corrected chi connectivity index (χ3v) is 3.26. The van der Waals surface area contributed by atoms with Gasteiger partial charge in [0.05, 0.1) is 0 Å². The van der Waals surface area contributed by atoms with E-state index >= 15 is 0 Å². The van der Waals surface area contributed by atoms with E-state index in [1.807, 2.05) is 48.5 Å². The number of carbonyl (C=O) groups excluding carboxylic acids is 1. The van der Waals surface area contributed by atoms with E-state index in [9.17, 15) is 4.79 Å². The maximum Gasteiger partial charge on any atom is 0.220 e. The van der Waals surface area contributed by atoms with Crippen molar-refractivity contribution in [2.24, 2.45) is 0 Å². The van der Waals surface area contributed by atoms with E-state index in [0.717, 1.165) is 25.1 Å². The summed E-state index contributed by atoms with van der Waals surface area (Å²) in [6.45, 7) is 1.52. The zero-order chi connectivity index (χ0) is 14.8. The Bertz CT molecular complexity index is 525. The van der Waals surface area contributed by atoms with Gasteiger partial charge in [-0.15, -0.1) is 0 Å². The van der Waals surface area contributed by atoms with Gasteiger partial charge in [-0.1, -0.05) is 48.5 Å². The van der Waals surface area contributed by atoms with Gasteiger partial charge in [0, 0.05) is 25.2 Å². The first kappa shape index (κ1) is 15.1. The van der Waals surface area contributed by atoms with Gasteiger partial charge in [0.15, 0.2) is 0 Å². The summed E-state index contributed by atoms with van der Waals surface area (Å²) >= 11 is 0. The zero-order valence-electron chi connectivity index (χ0n) is 12.2. The molecule has 3 heteroatoms. The van der Waals surface area contributed by atoms with Crippen molar-refractivity contribution in [3.05, 3.63) is 66.2 Å². The first-order valence-corrected chi connectivity index (χ1v) is 7.44. The largest absolute Gasteiger partial charge is 0.385 e. The van der Waals surface area contributed by atoms with Crippen LogP contribution in [0, 0.1) is 0 Å². The maximum atomic E-state index is 11.7. The van der Waals surface area contributed by atoms with Crippen LogP contribution in [0.1, 0.15) is 18.4 Å². The first-order chi connectivity index (χ1) is 10.3. The highest BCUT2D eigenvalue weighted by Gasteiger charge is 2.00. The number of hydrogen-bond donors (Lipinski definition) is 2. The molecule has 0 aliphatic carbocycles. The molecule has 110 valence electrons. The molecule has 21 heavy (non-hydrogen) atoms. The van der Waals surface area contributed by atoms with Crippen molar-refractivity contribution >= 4 is 11.6 Å².